The Labute approximate surface area is 411 Å². The van der Waals surface area contributed by atoms with Crippen LogP contribution in [0.3, 0.4) is 0 Å². The lowest BCUT2D eigenvalue weighted by Gasteiger charge is -2.46. The molecule has 2 aliphatic rings. The second-order valence-corrected chi connectivity index (χ2v) is 19.7. The van der Waals surface area contributed by atoms with Gasteiger partial charge in [-0.3, -0.25) is 14.6 Å². The molecule has 6 aromatic carbocycles. The van der Waals surface area contributed by atoms with Gasteiger partial charge in [-0.2, -0.15) is 0 Å². The van der Waals surface area contributed by atoms with Crippen molar-refractivity contribution in [2.24, 2.45) is 0 Å². The van der Waals surface area contributed by atoms with Crippen molar-refractivity contribution in [3.63, 3.8) is 0 Å². The summed E-state index contributed by atoms with van der Waals surface area (Å²) in [7, 11) is 0. The predicted molar refractivity (Wildman–Crippen MR) is 277 cm³/mol. The molecule has 0 saturated carbocycles. The third kappa shape index (κ3) is 9.74. The van der Waals surface area contributed by atoms with Crippen LogP contribution in [-0.2, 0) is 27.1 Å². The van der Waals surface area contributed by atoms with Gasteiger partial charge in [-0.05, 0) is 110 Å². The molecular formula is C61H62N4O5. The molecule has 0 amide bonds. The van der Waals surface area contributed by atoms with Gasteiger partial charge in [0, 0.05) is 59.4 Å². The second kappa shape index (κ2) is 20.0. The van der Waals surface area contributed by atoms with Crippen molar-refractivity contribution in [2.75, 3.05) is 13.2 Å². The number of ether oxygens (including phenoxy) is 2. The zero-order valence-electron chi connectivity index (χ0n) is 40.3. The summed E-state index contributed by atoms with van der Waals surface area (Å²) in [5.74, 6) is -0.326. The topological polar surface area (TPSA) is 92.3 Å². The predicted octanol–water partition coefficient (Wildman–Crippen LogP) is 11.0. The summed E-state index contributed by atoms with van der Waals surface area (Å²) in [4.78, 5) is 20.7. The zero-order valence-corrected chi connectivity index (χ0v) is 40.3. The molecule has 10 rings (SSSR count). The Morgan fingerprint density at radius 1 is 0.486 bits per heavy atom. The average molecular weight is 931 g/mol. The number of nitrogens with zero attached hydrogens (tertiary/aromatic N) is 4. The molecule has 2 N–H and O–H groups in total. The molecule has 6 atom stereocenters. The van der Waals surface area contributed by atoms with E-state index in [0.717, 1.165) is 44.8 Å². The van der Waals surface area contributed by atoms with Gasteiger partial charge in [-0.25, -0.2) is 0 Å². The molecular weight excluding hydrogens is 869 g/mol. The fourth-order valence-electron chi connectivity index (χ4n) is 10.8. The number of hydrogen-bond acceptors (Lipinski definition) is 7. The summed E-state index contributed by atoms with van der Waals surface area (Å²) in [5.41, 5.74) is 7.68. The lowest BCUT2D eigenvalue weighted by Crippen LogP contribution is -2.64. The first-order valence-corrected chi connectivity index (χ1v) is 24.4. The maximum Gasteiger partial charge on any atom is 0.173 e. The molecule has 4 unspecified atom stereocenters. The largest absolute Gasteiger partial charge is 0.386 e. The van der Waals surface area contributed by atoms with Crippen molar-refractivity contribution in [3.05, 3.63) is 229 Å². The monoisotopic (exact) mass is 930 g/mol. The molecule has 8 aromatic rings. The lowest BCUT2D eigenvalue weighted by molar-refractivity contribution is -0.161. The van der Waals surface area contributed by atoms with Crippen LogP contribution < -0.4 is 0 Å². The Balaban J connectivity index is 1.06. The van der Waals surface area contributed by atoms with Gasteiger partial charge in [0.25, 0.3) is 0 Å². The number of ketones is 1. The van der Waals surface area contributed by atoms with Crippen molar-refractivity contribution in [2.45, 2.75) is 88.4 Å². The number of Topliss-reactive ketones (excluding diaryl/α,β-unsaturated/α-hetero) is 1. The van der Waals surface area contributed by atoms with Gasteiger partial charge in [0.15, 0.2) is 5.78 Å². The van der Waals surface area contributed by atoms with E-state index in [1.54, 1.807) is 0 Å². The average Bonchev–Trinajstić information content (AvgIpc) is 4.20. The minimum absolute atomic E-state index is 0.283. The van der Waals surface area contributed by atoms with E-state index in [0.29, 0.717) is 37.2 Å². The van der Waals surface area contributed by atoms with Crippen LogP contribution in [0.2, 0.25) is 0 Å². The SMILES string of the molecule is CC1(C)OC[C@H](Cc2ccccc2)N1C(C(=O)C(C(O)c1ccn(-c2ccc(-c3ccccc3)cc2)c1)N1[C@@H](Cc2ccccc2)COC1(C)C)C(O)c1ccn(-c2ccc(-c3ccccc3)cc2)c1. The normalized spacial score (nSPS) is 19.7. The van der Waals surface area contributed by atoms with E-state index in [4.69, 9.17) is 9.47 Å². The minimum Gasteiger partial charge on any atom is -0.386 e. The fourth-order valence-corrected chi connectivity index (χ4v) is 10.8. The number of carbonyl (C=O) groups is 1. The molecule has 9 heteroatoms. The number of hydrogen-bond donors (Lipinski definition) is 2. The maximum absolute atomic E-state index is 16.6. The highest BCUT2D eigenvalue weighted by atomic mass is 16.5. The lowest BCUT2D eigenvalue weighted by atomic mass is 9.86. The van der Waals surface area contributed by atoms with Crippen molar-refractivity contribution < 1.29 is 24.5 Å². The molecule has 4 heterocycles. The Hall–Kier alpha value is -6.69. The van der Waals surface area contributed by atoms with Crippen LogP contribution in [0.1, 0.15) is 62.2 Å². The van der Waals surface area contributed by atoms with Gasteiger partial charge >= 0.3 is 0 Å². The van der Waals surface area contributed by atoms with Crippen LogP contribution >= 0.6 is 0 Å². The van der Waals surface area contributed by atoms with Crippen LogP contribution in [0.15, 0.2) is 207 Å². The van der Waals surface area contributed by atoms with Crippen LogP contribution in [0.5, 0.6) is 0 Å². The summed E-state index contributed by atoms with van der Waals surface area (Å²) in [5, 5.41) is 26.3. The van der Waals surface area contributed by atoms with E-state index in [1.165, 1.54) is 0 Å². The summed E-state index contributed by atoms with van der Waals surface area (Å²) in [6, 6.07) is 58.5. The number of carbonyl (C=O) groups excluding carboxylic acids is 1. The molecule has 0 radical (unpaired) electrons. The van der Waals surface area contributed by atoms with Gasteiger partial charge in [-0.1, -0.05) is 146 Å². The minimum atomic E-state index is -1.32. The smallest absolute Gasteiger partial charge is 0.173 e. The van der Waals surface area contributed by atoms with E-state index in [1.807, 2.05) is 147 Å². The number of rotatable bonds is 16. The molecule has 356 valence electrons. The highest BCUT2D eigenvalue weighted by molar-refractivity contribution is 5.91. The second-order valence-electron chi connectivity index (χ2n) is 19.7. The first-order valence-electron chi connectivity index (χ1n) is 24.4. The highest BCUT2D eigenvalue weighted by Gasteiger charge is 2.56. The van der Waals surface area contributed by atoms with Crippen LogP contribution in [0.4, 0.5) is 0 Å². The molecule has 0 aliphatic carbocycles. The van der Waals surface area contributed by atoms with Crippen LogP contribution in [0.25, 0.3) is 33.6 Å². The highest BCUT2D eigenvalue weighted by Crippen LogP contribution is 2.42. The molecule has 0 bridgehead atoms. The summed E-state index contributed by atoms with van der Waals surface area (Å²) in [6.45, 7) is 8.59. The maximum atomic E-state index is 16.6. The van der Waals surface area contributed by atoms with E-state index in [9.17, 15) is 10.2 Å². The molecule has 2 aliphatic heterocycles. The van der Waals surface area contributed by atoms with Crippen molar-refractivity contribution in [1.29, 1.82) is 0 Å². The summed E-state index contributed by atoms with van der Waals surface area (Å²) in [6.07, 6.45) is 6.21. The molecule has 2 saturated heterocycles. The van der Waals surface area contributed by atoms with Gasteiger partial charge < -0.3 is 28.8 Å². The summed E-state index contributed by atoms with van der Waals surface area (Å²) >= 11 is 0. The van der Waals surface area contributed by atoms with Gasteiger partial charge in [0.2, 0.25) is 0 Å². The van der Waals surface area contributed by atoms with Crippen molar-refractivity contribution in [1.82, 2.24) is 18.9 Å². The van der Waals surface area contributed by atoms with Gasteiger partial charge in [0.1, 0.15) is 35.7 Å². The van der Waals surface area contributed by atoms with Crippen LogP contribution in [0, 0.1) is 0 Å². The summed E-state index contributed by atoms with van der Waals surface area (Å²) < 4.78 is 17.2. The quantitative estimate of drug-likeness (QED) is 0.0997. The first kappa shape index (κ1) is 47.0. The molecule has 2 aromatic heterocycles. The molecule has 2 fully saturated rings. The van der Waals surface area contributed by atoms with Crippen molar-refractivity contribution >= 4 is 5.78 Å². The number of aliphatic hydroxyl groups is 2. The standard InChI is InChI=1S/C61H62N4O5/c1-60(2)64(53(41-69-60)37-43-17-9-5-10-18-43)55(57(66)49-33-35-62(39-49)51-29-25-47(26-30-51)45-21-13-7-14-22-45)59(68)56(65-54(42-70-61(65,3)4)38-44-19-11-6-12-20-44)58(67)50-34-36-63(40-50)52-31-27-48(28-32-52)46-23-15-8-16-24-46/h5-36,39-40,53-58,66-67H,37-38,41-42H2,1-4H3/t53-,54-,55?,56?,57?,58?/m0/s1. The number of aromatic nitrogens is 2. The fraction of sp³-hybridized carbons (Fsp3) is 0.262. The zero-order chi connectivity index (χ0) is 48.4. The Morgan fingerprint density at radius 3 is 1.17 bits per heavy atom. The molecule has 9 nitrogen and oxygen atoms in total. The third-order valence-corrected chi connectivity index (χ3v) is 14.4. The first-order chi connectivity index (χ1) is 33.9. The molecule has 70 heavy (non-hydrogen) atoms. The van der Waals surface area contributed by atoms with E-state index in [2.05, 4.69) is 107 Å². The van der Waals surface area contributed by atoms with E-state index < -0.39 is 35.7 Å². The number of aliphatic hydroxyl groups excluding tert-OH is 2. The van der Waals surface area contributed by atoms with Crippen molar-refractivity contribution in [3.8, 4) is 33.6 Å². The Morgan fingerprint density at radius 2 is 0.814 bits per heavy atom. The number of benzene rings is 6. The molecule has 0 spiro atoms. The van der Waals surface area contributed by atoms with Gasteiger partial charge in [0.05, 0.1) is 13.2 Å². The van der Waals surface area contributed by atoms with E-state index >= 15 is 4.79 Å². The van der Waals surface area contributed by atoms with Crippen LogP contribution in [-0.4, -0.2) is 83.8 Å². The van der Waals surface area contributed by atoms with E-state index in [-0.39, 0.29) is 17.9 Å². The Kier molecular flexibility index (Phi) is 13.4. The Bertz CT molecular complexity index is 2770. The van der Waals surface area contributed by atoms with Gasteiger partial charge in [-0.15, -0.1) is 0 Å². The third-order valence-electron chi connectivity index (χ3n) is 14.4.